The molecular formula is C17H26BrN3O2. The number of hydrogen-bond donors (Lipinski definition) is 0. The Labute approximate surface area is 147 Å². The molecule has 0 aromatic carbocycles. The van der Waals surface area contributed by atoms with E-state index in [2.05, 4.69) is 32.9 Å². The van der Waals surface area contributed by atoms with Crippen LogP contribution in [0.4, 0.5) is 4.79 Å². The third kappa shape index (κ3) is 5.77. The Kier molecular flexibility index (Phi) is 6.03. The van der Waals surface area contributed by atoms with Crippen LogP contribution < -0.4 is 0 Å². The smallest absolute Gasteiger partial charge is 0.410 e. The molecule has 1 atom stereocenters. The van der Waals surface area contributed by atoms with E-state index in [0.29, 0.717) is 6.04 Å². The van der Waals surface area contributed by atoms with Gasteiger partial charge in [0.2, 0.25) is 0 Å². The summed E-state index contributed by atoms with van der Waals surface area (Å²) in [5, 5.41) is 0. The van der Waals surface area contributed by atoms with Gasteiger partial charge in [0.05, 0.1) is 0 Å². The quantitative estimate of drug-likeness (QED) is 0.746. The van der Waals surface area contributed by atoms with Crippen LogP contribution in [-0.2, 0) is 11.3 Å². The Morgan fingerprint density at radius 2 is 2.26 bits per heavy atom. The Balaban J connectivity index is 1.93. The Bertz CT molecular complexity index is 545. The van der Waals surface area contributed by atoms with Gasteiger partial charge in [-0.1, -0.05) is 0 Å². The summed E-state index contributed by atoms with van der Waals surface area (Å²) < 4.78 is 6.34. The topological polar surface area (TPSA) is 45.7 Å². The molecule has 1 saturated heterocycles. The molecule has 6 heteroatoms. The van der Waals surface area contributed by atoms with Crippen molar-refractivity contribution in [3.05, 3.63) is 28.5 Å². The number of likely N-dealkylation sites (tertiary alicyclic amines) is 1. The second-order valence-corrected chi connectivity index (χ2v) is 7.94. The molecule has 5 nitrogen and oxygen atoms in total. The summed E-state index contributed by atoms with van der Waals surface area (Å²) in [4.78, 5) is 20.5. The van der Waals surface area contributed by atoms with Gasteiger partial charge in [0.25, 0.3) is 0 Å². The van der Waals surface area contributed by atoms with Crippen molar-refractivity contribution in [1.82, 2.24) is 14.8 Å². The van der Waals surface area contributed by atoms with Crippen LogP contribution in [0.15, 0.2) is 22.9 Å². The van der Waals surface area contributed by atoms with Gasteiger partial charge in [-0.25, -0.2) is 9.78 Å². The number of halogens is 1. The van der Waals surface area contributed by atoms with E-state index >= 15 is 0 Å². The fourth-order valence-electron chi connectivity index (χ4n) is 2.76. The van der Waals surface area contributed by atoms with Gasteiger partial charge in [0.15, 0.2) is 0 Å². The predicted octanol–water partition coefficient (Wildman–Crippen LogP) is 3.68. The molecule has 1 aromatic heterocycles. The highest BCUT2D eigenvalue weighted by Crippen LogP contribution is 2.20. The maximum Gasteiger partial charge on any atom is 0.410 e. The van der Waals surface area contributed by atoms with Crippen molar-refractivity contribution in [2.45, 2.75) is 51.8 Å². The third-order valence-electron chi connectivity index (χ3n) is 3.89. The van der Waals surface area contributed by atoms with Crippen LogP contribution in [-0.4, -0.2) is 52.7 Å². The largest absolute Gasteiger partial charge is 0.444 e. The molecule has 0 spiro atoms. The second-order valence-electron chi connectivity index (χ2n) is 7.12. The molecule has 0 saturated carbocycles. The molecule has 2 rings (SSSR count). The maximum absolute atomic E-state index is 12.3. The molecule has 1 aliphatic heterocycles. The van der Waals surface area contributed by atoms with Gasteiger partial charge in [-0.05, 0) is 74.3 Å². The number of pyridine rings is 1. The minimum atomic E-state index is -0.445. The fraction of sp³-hybridized carbons (Fsp3) is 0.647. The molecule has 0 radical (unpaired) electrons. The van der Waals surface area contributed by atoms with E-state index in [9.17, 15) is 4.79 Å². The number of aromatic nitrogens is 1. The van der Waals surface area contributed by atoms with E-state index in [0.717, 1.165) is 37.1 Å². The van der Waals surface area contributed by atoms with E-state index in [-0.39, 0.29) is 6.09 Å². The average molecular weight is 384 g/mol. The number of carbonyl (C=O) groups excluding carboxylic acids is 1. The molecule has 2 heterocycles. The fourth-order valence-corrected chi connectivity index (χ4v) is 3.18. The van der Waals surface area contributed by atoms with E-state index in [1.54, 1.807) is 6.20 Å². The minimum Gasteiger partial charge on any atom is -0.444 e. The first kappa shape index (κ1) is 18.2. The lowest BCUT2D eigenvalue weighted by atomic mass is 10.0. The summed E-state index contributed by atoms with van der Waals surface area (Å²) in [7, 11) is 2.11. The lowest BCUT2D eigenvalue weighted by Gasteiger charge is -2.38. The molecule has 1 unspecified atom stereocenters. The Morgan fingerprint density at radius 3 is 2.91 bits per heavy atom. The van der Waals surface area contributed by atoms with Gasteiger partial charge in [0, 0.05) is 31.9 Å². The standard InChI is InChI=1S/C17H26BrN3O2/c1-17(2,3)23-16(22)21-9-5-6-14(12-21)20(4)11-13-7-8-19-15(18)10-13/h7-8,10,14H,5-6,9,11-12H2,1-4H3. The molecule has 1 fully saturated rings. The molecule has 1 aromatic rings. The molecule has 1 aliphatic rings. The van der Waals surface area contributed by atoms with E-state index in [1.807, 2.05) is 37.8 Å². The third-order valence-corrected chi connectivity index (χ3v) is 4.33. The number of amides is 1. The molecule has 0 aliphatic carbocycles. The summed E-state index contributed by atoms with van der Waals surface area (Å²) in [5.41, 5.74) is 0.767. The highest BCUT2D eigenvalue weighted by atomic mass is 79.9. The zero-order valence-electron chi connectivity index (χ0n) is 14.4. The number of ether oxygens (including phenoxy) is 1. The minimum absolute atomic E-state index is 0.206. The van der Waals surface area contributed by atoms with Gasteiger partial charge in [0.1, 0.15) is 10.2 Å². The van der Waals surface area contributed by atoms with E-state index < -0.39 is 5.60 Å². The first-order chi connectivity index (χ1) is 10.7. The van der Waals surface area contributed by atoms with Crippen molar-refractivity contribution < 1.29 is 9.53 Å². The van der Waals surface area contributed by atoms with E-state index in [1.165, 1.54) is 5.56 Å². The number of nitrogens with zero attached hydrogens (tertiary/aromatic N) is 3. The number of likely N-dealkylation sites (N-methyl/N-ethyl adjacent to an activating group) is 1. The zero-order valence-corrected chi connectivity index (χ0v) is 16.0. The summed E-state index contributed by atoms with van der Waals surface area (Å²) in [6.07, 6.45) is 3.71. The number of hydrogen-bond acceptors (Lipinski definition) is 4. The Morgan fingerprint density at radius 1 is 1.52 bits per heavy atom. The van der Waals surface area contributed by atoms with Crippen LogP contribution in [0.3, 0.4) is 0 Å². The lowest BCUT2D eigenvalue weighted by molar-refractivity contribution is 0.0121. The first-order valence-corrected chi connectivity index (χ1v) is 8.82. The number of carbonyl (C=O) groups is 1. The van der Waals surface area contributed by atoms with Gasteiger partial charge < -0.3 is 9.64 Å². The summed E-state index contributed by atoms with van der Waals surface area (Å²) in [6, 6.07) is 4.41. The van der Waals surface area contributed by atoms with Crippen molar-refractivity contribution in [3.63, 3.8) is 0 Å². The van der Waals surface area contributed by atoms with Crippen molar-refractivity contribution in [2.75, 3.05) is 20.1 Å². The Hall–Kier alpha value is -1.14. The normalized spacial score (nSPS) is 19.0. The van der Waals surface area contributed by atoms with Gasteiger partial charge in [-0.2, -0.15) is 0 Å². The summed E-state index contributed by atoms with van der Waals surface area (Å²) >= 11 is 3.41. The van der Waals surface area contributed by atoms with Crippen LogP contribution in [0.25, 0.3) is 0 Å². The van der Waals surface area contributed by atoms with Crippen molar-refractivity contribution >= 4 is 22.0 Å². The molecule has 1 amide bonds. The van der Waals surface area contributed by atoms with Crippen molar-refractivity contribution in [3.8, 4) is 0 Å². The molecule has 23 heavy (non-hydrogen) atoms. The summed E-state index contributed by atoms with van der Waals surface area (Å²) in [6.45, 7) is 8.05. The number of piperidine rings is 1. The molecule has 128 valence electrons. The monoisotopic (exact) mass is 383 g/mol. The van der Waals surface area contributed by atoms with Crippen LogP contribution >= 0.6 is 15.9 Å². The van der Waals surface area contributed by atoms with Gasteiger partial charge >= 0.3 is 6.09 Å². The highest BCUT2D eigenvalue weighted by Gasteiger charge is 2.29. The molecular weight excluding hydrogens is 358 g/mol. The predicted molar refractivity (Wildman–Crippen MR) is 94.2 cm³/mol. The van der Waals surface area contributed by atoms with Crippen LogP contribution in [0.5, 0.6) is 0 Å². The van der Waals surface area contributed by atoms with Crippen LogP contribution in [0, 0.1) is 0 Å². The van der Waals surface area contributed by atoms with Crippen LogP contribution in [0.2, 0.25) is 0 Å². The number of rotatable bonds is 3. The van der Waals surface area contributed by atoms with Crippen LogP contribution in [0.1, 0.15) is 39.2 Å². The SMILES string of the molecule is CN(Cc1ccnc(Br)c1)C1CCCN(C(=O)OC(C)(C)C)C1. The highest BCUT2D eigenvalue weighted by molar-refractivity contribution is 9.10. The van der Waals surface area contributed by atoms with Crippen molar-refractivity contribution in [1.29, 1.82) is 0 Å². The van der Waals surface area contributed by atoms with Gasteiger partial charge in [-0.3, -0.25) is 4.90 Å². The first-order valence-electron chi connectivity index (χ1n) is 8.03. The van der Waals surface area contributed by atoms with Gasteiger partial charge in [-0.15, -0.1) is 0 Å². The second kappa shape index (κ2) is 7.62. The maximum atomic E-state index is 12.3. The average Bonchev–Trinajstić information content (AvgIpc) is 2.45. The zero-order chi connectivity index (χ0) is 17.0. The summed E-state index contributed by atoms with van der Waals surface area (Å²) in [5.74, 6) is 0. The molecule has 0 N–H and O–H groups in total. The van der Waals surface area contributed by atoms with Crippen molar-refractivity contribution in [2.24, 2.45) is 0 Å². The lowest BCUT2D eigenvalue weighted by Crippen LogP contribution is -2.49. The van der Waals surface area contributed by atoms with E-state index in [4.69, 9.17) is 4.74 Å². The molecule has 0 bridgehead atoms.